The number of halogens is 3. The summed E-state index contributed by atoms with van der Waals surface area (Å²) < 4.78 is 38.7. The van der Waals surface area contributed by atoms with Crippen LogP contribution in [0.4, 0.5) is 24.7 Å². The zero-order valence-electron chi connectivity index (χ0n) is 13.2. The van der Waals surface area contributed by atoms with E-state index in [2.05, 4.69) is 24.8 Å². The molecule has 1 aliphatic heterocycles. The molecule has 1 aromatic carbocycles. The highest BCUT2D eigenvalue weighted by atomic mass is 19.4. The molecule has 1 fully saturated rings. The molecule has 0 radical (unpaired) electrons. The van der Waals surface area contributed by atoms with E-state index in [-0.39, 0.29) is 0 Å². The second-order valence-electron chi connectivity index (χ2n) is 5.82. The van der Waals surface area contributed by atoms with Crippen molar-refractivity contribution in [2.75, 3.05) is 36.0 Å². The van der Waals surface area contributed by atoms with Crippen LogP contribution in [0.2, 0.25) is 0 Å². The highest BCUT2D eigenvalue weighted by molar-refractivity contribution is 5.82. The van der Waals surface area contributed by atoms with Crippen molar-refractivity contribution in [1.82, 2.24) is 19.9 Å². The van der Waals surface area contributed by atoms with E-state index in [0.29, 0.717) is 43.0 Å². The highest BCUT2D eigenvalue weighted by Gasteiger charge is 2.31. The van der Waals surface area contributed by atoms with Crippen LogP contribution in [-0.4, -0.2) is 46.1 Å². The Morgan fingerprint density at radius 3 is 2.48 bits per heavy atom. The fourth-order valence-corrected chi connectivity index (χ4v) is 3.04. The fraction of sp³-hybridized carbons (Fsp3) is 0.312. The Kier molecular flexibility index (Phi) is 3.70. The lowest BCUT2D eigenvalue weighted by atomic mass is 10.1. The molecule has 1 aliphatic rings. The molecular weight excluding hydrogens is 333 g/mol. The van der Waals surface area contributed by atoms with Gasteiger partial charge in [0.25, 0.3) is 0 Å². The first-order chi connectivity index (χ1) is 12.0. The number of nitrogens with zero attached hydrogens (tertiary/aromatic N) is 5. The lowest BCUT2D eigenvalue weighted by molar-refractivity contribution is -0.137. The molecule has 0 unspecified atom stereocenters. The van der Waals surface area contributed by atoms with Crippen molar-refractivity contribution >= 4 is 22.7 Å². The third-order valence-corrected chi connectivity index (χ3v) is 4.32. The number of fused-ring (bicyclic) bond motifs is 1. The summed E-state index contributed by atoms with van der Waals surface area (Å²) >= 11 is 0. The number of aromatic amines is 1. The summed E-state index contributed by atoms with van der Waals surface area (Å²) in [7, 11) is 0. The van der Waals surface area contributed by atoms with E-state index in [9.17, 15) is 13.2 Å². The van der Waals surface area contributed by atoms with Crippen molar-refractivity contribution < 1.29 is 13.2 Å². The molecule has 25 heavy (non-hydrogen) atoms. The molecule has 130 valence electrons. The predicted molar refractivity (Wildman–Crippen MR) is 87.6 cm³/mol. The lowest BCUT2D eigenvalue weighted by Crippen LogP contribution is -2.47. The lowest BCUT2D eigenvalue weighted by Gasteiger charge is -2.36. The molecule has 1 saturated heterocycles. The van der Waals surface area contributed by atoms with Gasteiger partial charge in [-0.25, -0.2) is 15.0 Å². The number of H-pyrrole nitrogens is 1. The average Bonchev–Trinajstić information content (AvgIpc) is 3.10. The first kappa shape index (κ1) is 15.7. The molecule has 2 aromatic heterocycles. The van der Waals surface area contributed by atoms with Crippen LogP contribution < -0.4 is 9.80 Å². The maximum Gasteiger partial charge on any atom is 0.416 e. The van der Waals surface area contributed by atoms with Gasteiger partial charge in [-0.3, -0.25) is 0 Å². The Hall–Kier alpha value is -2.84. The number of imidazole rings is 1. The van der Waals surface area contributed by atoms with Crippen molar-refractivity contribution in [2.45, 2.75) is 6.18 Å². The van der Waals surface area contributed by atoms with Crippen molar-refractivity contribution in [3.05, 3.63) is 42.5 Å². The molecule has 0 saturated carbocycles. The highest BCUT2D eigenvalue weighted by Crippen LogP contribution is 2.32. The zero-order chi connectivity index (χ0) is 17.4. The molecule has 0 aliphatic carbocycles. The Morgan fingerprint density at radius 2 is 1.72 bits per heavy atom. The Labute approximate surface area is 141 Å². The third-order valence-electron chi connectivity index (χ3n) is 4.32. The van der Waals surface area contributed by atoms with Gasteiger partial charge >= 0.3 is 6.18 Å². The van der Waals surface area contributed by atoms with Gasteiger partial charge in [-0.1, -0.05) is 6.07 Å². The molecule has 0 atom stereocenters. The number of rotatable bonds is 2. The summed E-state index contributed by atoms with van der Waals surface area (Å²) in [5.74, 6) is 0.745. The second kappa shape index (κ2) is 5.91. The second-order valence-corrected chi connectivity index (χ2v) is 5.82. The van der Waals surface area contributed by atoms with Gasteiger partial charge in [0.05, 0.1) is 11.9 Å². The molecule has 3 aromatic rings. The topological polar surface area (TPSA) is 60.9 Å². The van der Waals surface area contributed by atoms with Gasteiger partial charge in [0.1, 0.15) is 11.8 Å². The molecule has 9 heteroatoms. The standard InChI is InChI=1S/C16H15F3N6/c17-16(18,19)11-2-1-3-12(8-11)24-4-6-25(7-5-24)15-13-14(21-9-20-13)22-10-23-15/h1-3,8-10H,4-7H2,(H,20,21,22,23). The zero-order valence-corrected chi connectivity index (χ0v) is 13.2. The molecule has 0 bridgehead atoms. The van der Waals surface area contributed by atoms with Gasteiger partial charge in [0, 0.05) is 31.9 Å². The number of nitrogens with one attached hydrogen (secondary N) is 1. The largest absolute Gasteiger partial charge is 0.416 e. The minimum Gasteiger partial charge on any atom is -0.368 e. The summed E-state index contributed by atoms with van der Waals surface area (Å²) in [6.45, 7) is 2.51. The summed E-state index contributed by atoms with van der Waals surface area (Å²) in [4.78, 5) is 19.7. The number of piperazine rings is 1. The van der Waals surface area contributed by atoms with Crippen LogP contribution in [-0.2, 0) is 6.18 Å². The monoisotopic (exact) mass is 348 g/mol. The Bertz CT molecular complexity index is 883. The smallest absolute Gasteiger partial charge is 0.368 e. The summed E-state index contributed by atoms with van der Waals surface area (Å²) in [6.07, 6.45) is -1.28. The van der Waals surface area contributed by atoms with Gasteiger partial charge in [-0.2, -0.15) is 13.2 Å². The maximum atomic E-state index is 12.9. The average molecular weight is 348 g/mol. The van der Waals surface area contributed by atoms with Crippen LogP contribution >= 0.6 is 0 Å². The minimum atomic E-state index is -4.33. The van der Waals surface area contributed by atoms with Crippen LogP contribution in [0, 0.1) is 0 Å². The molecule has 0 amide bonds. The van der Waals surface area contributed by atoms with Gasteiger partial charge in [0.2, 0.25) is 0 Å². The van der Waals surface area contributed by atoms with E-state index in [4.69, 9.17) is 0 Å². The van der Waals surface area contributed by atoms with E-state index in [0.717, 1.165) is 11.9 Å². The van der Waals surface area contributed by atoms with Crippen LogP contribution in [0.1, 0.15) is 5.56 Å². The fourth-order valence-electron chi connectivity index (χ4n) is 3.04. The number of hydrogen-bond donors (Lipinski definition) is 1. The van der Waals surface area contributed by atoms with Crippen molar-refractivity contribution in [2.24, 2.45) is 0 Å². The van der Waals surface area contributed by atoms with Crippen LogP contribution in [0.15, 0.2) is 36.9 Å². The van der Waals surface area contributed by atoms with Gasteiger partial charge < -0.3 is 14.8 Å². The van der Waals surface area contributed by atoms with Crippen molar-refractivity contribution in [3.63, 3.8) is 0 Å². The number of hydrogen-bond acceptors (Lipinski definition) is 5. The van der Waals surface area contributed by atoms with E-state index in [1.165, 1.54) is 18.5 Å². The number of aromatic nitrogens is 4. The summed E-state index contributed by atoms with van der Waals surface area (Å²) in [6, 6.07) is 5.45. The number of anilines is 2. The van der Waals surface area contributed by atoms with Crippen LogP contribution in [0.3, 0.4) is 0 Å². The van der Waals surface area contributed by atoms with Gasteiger partial charge in [-0.15, -0.1) is 0 Å². The number of alkyl halides is 3. The predicted octanol–water partition coefficient (Wildman–Crippen LogP) is 2.70. The normalized spacial score (nSPS) is 15.8. The Balaban J connectivity index is 1.51. The quantitative estimate of drug-likeness (QED) is 0.772. The molecule has 6 nitrogen and oxygen atoms in total. The first-order valence-corrected chi connectivity index (χ1v) is 7.83. The summed E-state index contributed by atoms with van der Waals surface area (Å²) in [5.41, 5.74) is 1.34. The third kappa shape index (κ3) is 2.97. The molecule has 0 spiro atoms. The van der Waals surface area contributed by atoms with Crippen molar-refractivity contribution in [1.29, 1.82) is 0 Å². The van der Waals surface area contributed by atoms with Crippen LogP contribution in [0.25, 0.3) is 11.2 Å². The van der Waals surface area contributed by atoms with E-state index >= 15 is 0 Å². The molecule has 3 heterocycles. The minimum absolute atomic E-state index is 0.585. The summed E-state index contributed by atoms with van der Waals surface area (Å²) in [5, 5.41) is 0. The van der Waals surface area contributed by atoms with E-state index in [1.54, 1.807) is 12.4 Å². The van der Waals surface area contributed by atoms with Crippen LogP contribution in [0.5, 0.6) is 0 Å². The van der Waals surface area contributed by atoms with Crippen molar-refractivity contribution in [3.8, 4) is 0 Å². The number of benzene rings is 1. The first-order valence-electron chi connectivity index (χ1n) is 7.83. The maximum absolute atomic E-state index is 12.9. The molecular formula is C16H15F3N6. The van der Waals surface area contributed by atoms with E-state index in [1.807, 2.05) is 4.90 Å². The SMILES string of the molecule is FC(F)(F)c1cccc(N2CCN(c3ncnc4[nH]cnc34)CC2)c1. The Morgan fingerprint density at radius 1 is 0.960 bits per heavy atom. The molecule has 4 rings (SSSR count). The van der Waals surface area contributed by atoms with Gasteiger partial charge in [0.15, 0.2) is 11.5 Å². The molecule has 1 N–H and O–H groups in total. The van der Waals surface area contributed by atoms with Gasteiger partial charge in [-0.05, 0) is 18.2 Å². The van der Waals surface area contributed by atoms with E-state index < -0.39 is 11.7 Å².